The number of imidazole rings is 1. The lowest BCUT2D eigenvalue weighted by molar-refractivity contribution is 0.128. The topological polar surface area (TPSA) is 53.6 Å². The number of aromatic nitrogens is 2. The first kappa shape index (κ1) is 26.4. The quantitative estimate of drug-likeness (QED) is 0.317. The minimum absolute atomic E-state index is 0.129. The highest BCUT2D eigenvalue weighted by atomic mass is 35.5. The molecule has 1 saturated heterocycles. The first-order valence-electron chi connectivity index (χ1n) is 12.7. The van der Waals surface area contributed by atoms with E-state index in [0.29, 0.717) is 32.4 Å². The molecule has 38 heavy (non-hydrogen) atoms. The Morgan fingerprint density at radius 3 is 2.08 bits per heavy atom. The molecule has 198 valence electrons. The third-order valence-electron chi connectivity index (χ3n) is 7.29. The number of anilines is 1. The van der Waals surface area contributed by atoms with Crippen LogP contribution in [0.2, 0.25) is 10.0 Å². The summed E-state index contributed by atoms with van der Waals surface area (Å²) in [5.74, 6) is 0.129. The number of phenols is 1. The first-order valence-corrected chi connectivity index (χ1v) is 13.5. The molecular formula is C30H32Cl2N4O2. The van der Waals surface area contributed by atoms with Crippen LogP contribution in [0.4, 0.5) is 5.69 Å². The van der Waals surface area contributed by atoms with Crippen LogP contribution in [0, 0.1) is 0 Å². The van der Waals surface area contributed by atoms with Gasteiger partial charge in [-0.05, 0) is 68.3 Å². The number of hydrogen-bond acceptors (Lipinski definition) is 4. The number of benzene rings is 3. The van der Waals surface area contributed by atoms with Crippen LogP contribution in [0.25, 0.3) is 27.9 Å². The van der Waals surface area contributed by atoms with Gasteiger partial charge in [-0.1, -0.05) is 41.4 Å². The van der Waals surface area contributed by atoms with E-state index in [1.165, 1.54) is 9.13 Å². The Balaban J connectivity index is 1.47. The van der Waals surface area contributed by atoms with E-state index in [2.05, 4.69) is 42.7 Å². The number of piperazine rings is 1. The lowest BCUT2D eigenvalue weighted by Crippen LogP contribution is -2.53. The van der Waals surface area contributed by atoms with Gasteiger partial charge in [-0.2, -0.15) is 0 Å². The Morgan fingerprint density at radius 2 is 1.50 bits per heavy atom. The van der Waals surface area contributed by atoms with Crippen molar-refractivity contribution in [2.45, 2.75) is 26.3 Å². The SMILES string of the molecule is Cn1ccn(-c2ccc(-c3cc(Cl)cc(-c4cccc(N5CCN(C(C)(C)C)CC5)c4)c3O)cc2Cl)c1=O. The zero-order valence-corrected chi connectivity index (χ0v) is 23.6. The fourth-order valence-corrected chi connectivity index (χ4v) is 5.55. The average molecular weight is 552 g/mol. The van der Waals surface area contributed by atoms with Crippen LogP contribution in [0.15, 0.2) is 71.8 Å². The molecule has 0 amide bonds. The molecule has 1 fully saturated rings. The summed E-state index contributed by atoms with van der Waals surface area (Å²) >= 11 is 13.1. The van der Waals surface area contributed by atoms with Crippen molar-refractivity contribution >= 4 is 28.9 Å². The smallest absolute Gasteiger partial charge is 0.332 e. The summed E-state index contributed by atoms with van der Waals surface area (Å²) in [5.41, 5.74) is 4.49. The van der Waals surface area contributed by atoms with Crippen molar-refractivity contribution in [3.8, 4) is 33.7 Å². The second-order valence-electron chi connectivity index (χ2n) is 10.8. The van der Waals surface area contributed by atoms with Crippen molar-refractivity contribution in [1.82, 2.24) is 14.0 Å². The van der Waals surface area contributed by atoms with E-state index in [1.54, 1.807) is 43.7 Å². The molecule has 6 nitrogen and oxygen atoms in total. The molecule has 0 radical (unpaired) electrons. The standard InChI is InChI=1S/C30H32Cl2N4O2/c1-30(2,3)35-13-11-34(12-14-35)23-7-5-6-20(16-23)24-18-22(31)19-25(28(24)37)21-8-9-27(26(32)17-21)36-15-10-33(4)29(36)38/h5-10,15-19,37H,11-14H2,1-4H3. The number of rotatable bonds is 4. The van der Waals surface area contributed by atoms with Crippen molar-refractivity contribution in [1.29, 1.82) is 0 Å². The van der Waals surface area contributed by atoms with Gasteiger partial charge < -0.3 is 14.6 Å². The zero-order valence-electron chi connectivity index (χ0n) is 22.1. The van der Waals surface area contributed by atoms with Crippen LogP contribution in [0.5, 0.6) is 5.75 Å². The fraction of sp³-hybridized carbons (Fsp3) is 0.300. The highest BCUT2D eigenvalue weighted by molar-refractivity contribution is 6.33. The molecule has 0 spiro atoms. The van der Waals surface area contributed by atoms with Crippen LogP contribution >= 0.6 is 23.2 Å². The summed E-state index contributed by atoms with van der Waals surface area (Å²) in [5, 5.41) is 12.3. The maximum Gasteiger partial charge on any atom is 0.332 e. The summed E-state index contributed by atoms with van der Waals surface area (Å²) < 4.78 is 2.97. The summed E-state index contributed by atoms with van der Waals surface area (Å²) in [6.45, 7) is 10.7. The summed E-state index contributed by atoms with van der Waals surface area (Å²) in [4.78, 5) is 17.3. The van der Waals surface area contributed by atoms with Gasteiger partial charge in [0.1, 0.15) is 5.75 Å². The molecule has 3 aromatic carbocycles. The molecule has 0 atom stereocenters. The number of aromatic hydroxyl groups is 1. The van der Waals surface area contributed by atoms with Crippen LogP contribution in [0.1, 0.15) is 20.8 Å². The predicted molar refractivity (Wildman–Crippen MR) is 157 cm³/mol. The van der Waals surface area contributed by atoms with Crippen LogP contribution in [0.3, 0.4) is 0 Å². The lowest BCUT2D eigenvalue weighted by atomic mass is 9.96. The fourth-order valence-electron chi connectivity index (χ4n) is 5.06. The molecule has 2 heterocycles. The maximum atomic E-state index is 12.4. The molecule has 1 aliphatic heterocycles. The number of hydrogen-bond donors (Lipinski definition) is 1. The molecule has 0 aliphatic carbocycles. The molecule has 5 rings (SSSR count). The minimum atomic E-state index is -0.188. The van der Waals surface area contributed by atoms with Gasteiger partial charge in [0, 0.05) is 73.0 Å². The molecule has 4 aromatic rings. The van der Waals surface area contributed by atoms with E-state index in [1.807, 2.05) is 18.2 Å². The number of phenolic OH excluding ortho intramolecular Hbond substituents is 1. The summed E-state index contributed by atoms with van der Waals surface area (Å²) in [7, 11) is 1.69. The third kappa shape index (κ3) is 5.08. The normalized spacial score (nSPS) is 14.7. The van der Waals surface area contributed by atoms with Gasteiger partial charge in [0.25, 0.3) is 0 Å². The van der Waals surface area contributed by atoms with Crippen molar-refractivity contribution in [2.75, 3.05) is 31.1 Å². The number of aryl methyl sites for hydroxylation is 1. The highest BCUT2D eigenvalue weighted by Gasteiger charge is 2.26. The Bertz CT molecular complexity index is 1540. The van der Waals surface area contributed by atoms with Crippen LogP contribution < -0.4 is 10.6 Å². The maximum absolute atomic E-state index is 12.4. The molecule has 1 aromatic heterocycles. The van der Waals surface area contributed by atoms with E-state index < -0.39 is 0 Å². The van der Waals surface area contributed by atoms with Crippen molar-refractivity contribution < 1.29 is 5.11 Å². The van der Waals surface area contributed by atoms with E-state index >= 15 is 0 Å². The van der Waals surface area contributed by atoms with Gasteiger partial charge in [0.2, 0.25) is 0 Å². The first-order chi connectivity index (χ1) is 18.0. The average Bonchev–Trinajstić information content (AvgIpc) is 3.22. The second-order valence-corrected chi connectivity index (χ2v) is 11.6. The Kier molecular flexibility index (Phi) is 7.07. The minimum Gasteiger partial charge on any atom is -0.507 e. The molecule has 0 bridgehead atoms. The van der Waals surface area contributed by atoms with E-state index in [0.717, 1.165) is 37.4 Å². The van der Waals surface area contributed by atoms with E-state index in [4.69, 9.17) is 23.2 Å². The van der Waals surface area contributed by atoms with Gasteiger partial charge in [-0.25, -0.2) is 4.79 Å². The molecule has 0 unspecified atom stereocenters. The largest absolute Gasteiger partial charge is 0.507 e. The van der Waals surface area contributed by atoms with Gasteiger partial charge in [-0.15, -0.1) is 0 Å². The third-order valence-corrected chi connectivity index (χ3v) is 7.81. The molecular weight excluding hydrogens is 519 g/mol. The van der Waals surface area contributed by atoms with E-state index in [9.17, 15) is 9.90 Å². The van der Waals surface area contributed by atoms with Crippen LogP contribution in [-0.2, 0) is 7.05 Å². The lowest BCUT2D eigenvalue weighted by Gasteiger charge is -2.43. The van der Waals surface area contributed by atoms with Gasteiger partial charge in [-0.3, -0.25) is 9.47 Å². The van der Waals surface area contributed by atoms with E-state index in [-0.39, 0.29) is 17.0 Å². The van der Waals surface area contributed by atoms with Crippen LogP contribution in [-0.4, -0.2) is 50.9 Å². The number of nitrogens with zero attached hydrogens (tertiary/aromatic N) is 4. The monoisotopic (exact) mass is 550 g/mol. The molecule has 8 heteroatoms. The predicted octanol–water partition coefficient (Wildman–Crippen LogP) is 6.44. The van der Waals surface area contributed by atoms with Gasteiger partial charge in [0.15, 0.2) is 0 Å². The summed E-state index contributed by atoms with van der Waals surface area (Å²) in [6, 6.07) is 17.1. The summed E-state index contributed by atoms with van der Waals surface area (Å²) in [6.07, 6.45) is 3.36. The van der Waals surface area contributed by atoms with Gasteiger partial charge >= 0.3 is 5.69 Å². The Hall–Kier alpha value is -3.19. The zero-order chi connectivity index (χ0) is 27.2. The Morgan fingerprint density at radius 1 is 0.842 bits per heavy atom. The molecule has 1 aliphatic rings. The van der Waals surface area contributed by atoms with Crippen molar-refractivity contribution in [2.24, 2.45) is 7.05 Å². The molecule has 0 saturated carbocycles. The highest BCUT2D eigenvalue weighted by Crippen LogP contribution is 2.42. The van der Waals surface area contributed by atoms with Gasteiger partial charge in [0.05, 0.1) is 10.7 Å². The second kappa shape index (κ2) is 10.2. The van der Waals surface area contributed by atoms with Crippen molar-refractivity contribution in [3.63, 3.8) is 0 Å². The molecule has 1 N–H and O–H groups in total. The number of halogens is 2. The van der Waals surface area contributed by atoms with Crippen molar-refractivity contribution in [3.05, 3.63) is 87.5 Å². The Labute approximate surface area is 233 Å².